The van der Waals surface area contributed by atoms with E-state index in [4.69, 9.17) is 9.15 Å². The molecule has 0 atom stereocenters. The van der Waals surface area contributed by atoms with Gasteiger partial charge >= 0.3 is 5.97 Å². The zero-order valence-electron chi connectivity index (χ0n) is 10.5. The Kier molecular flexibility index (Phi) is 2.83. The molecular weight excluding hydrogens is 242 g/mol. The second-order valence-electron chi connectivity index (χ2n) is 4.28. The molecule has 96 valence electrons. The van der Waals surface area contributed by atoms with Gasteiger partial charge in [0.1, 0.15) is 0 Å². The van der Waals surface area contributed by atoms with E-state index in [9.17, 15) is 4.79 Å². The highest BCUT2D eigenvalue weighted by molar-refractivity contribution is 6.01. The lowest BCUT2D eigenvalue weighted by Gasteiger charge is -2.22. The molecule has 0 spiro atoms. The Morgan fingerprint density at radius 3 is 2.84 bits per heavy atom. The molecule has 0 unspecified atom stereocenters. The van der Waals surface area contributed by atoms with Crippen LogP contribution in [0.5, 0.6) is 0 Å². The maximum Gasteiger partial charge on any atom is 0.336 e. The lowest BCUT2D eigenvalue weighted by atomic mass is 9.96. The molecule has 0 fully saturated rings. The third-order valence-corrected chi connectivity index (χ3v) is 3.15. The molecule has 0 saturated heterocycles. The monoisotopic (exact) mass is 255 g/mol. The van der Waals surface area contributed by atoms with E-state index in [1.165, 1.54) is 7.11 Å². The number of hydrogen-bond acceptors (Lipinski definition) is 4. The number of carbonyl (C=O) groups is 1. The Balaban J connectivity index is 2.10. The Morgan fingerprint density at radius 1 is 1.26 bits per heavy atom. The van der Waals surface area contributed by atoms with Crippen LogP contribution in [0.3, 0.4) is 0 Å². The average molecular weight is 255 g/mol. The smallest absolute Gasteiger partial charge is 0.336 e. The third kappa shape index (κ3) is 2.01. The van der Waals surface area contributed by atoms with Crippen molar-refractivity contribution in [2.45, 2.75) is 6.42 Å². The van der Waals surface area contributed by atoms with Crippen LogP contribution in [0.1, 0.15) is 11.3 Å². The molecule has 1 aliphatic rings. The molecular formula is C15H13NO3. The highest BCUT2D eigenvalue weighted by Gasteiger charge is 2.25. The fourth-order valence-corrected chi connectivity index (χ4v) is 2.21. The molecule has 19 heavy (non-hydrogen) atoms. The molecule has 0 amide bonds. The molecule has 0 aliphatic carbocycles. The van der Waals surface area contributed by atoms with Crippen LogP contribution in [0.15, 0.2) is 52.7 Å². The molecule has 2 heterocycles. The summed E-state index contributed by atoms with van der Waals surface area (Å²) in [5, 5.41) is 3.25. The Hall–Kier alpha value is -2.49. The van der Waals surface area contributed by atoms with Gasteiger partial charge < -0.3 is 14.5 Å². The zero-order valence-corrected chi connectivity index (χ0v) is 10.5. The van der Waals surface area contributed by atoms with E-state index in [-0.39, 0.29) is 5.97 Å². The van der Waals surface area contributed by atoms with Gasteiger partial charge in [0.15, 0.2) is 5.76 Å². The number of anilines is 1. The molecule has 1 aromatic heterocycles. The number of esters is 1. The Bertz CT molecular complexity index is 641. The second kappa shape index (κ2) is 4.65. The number of ether oxygens (including phenoxy) is 1. The van der Waals surface area contributed by atoms with Crippen molar-refractivity contribution in [2.24, 2.45) is 0 Å². The SMILES string of the molecule is COC(=O)C1=C(c2ccco2)Nc2ccccc2C1. The van der Waals surface area contributed by atoms with E-state index in [0.717, 1.165) is 11.3 Å². The number of hydrogen-bond donors (Lipinski definition) is 1. The summed E-state index contributed by atoms with van der Waals surface area (Å²) >= 11 is 0. The number of rotatable bonds is 2. The molecule has 1 aromatic carbocycles. The molecule has 4 heteroatoms. The summed E-state index contributed by atoms with van der Waals surface area (Å²) in [4.78, 5) is 11.9. The van der Waals surface area contributed by atoms with Gasteiger partial charge in [0.2, 0.25) is 0 Å². The topological polar surface area (TPSA) is 51.5 Å². The predicted molar refractivity (Wildman–Crippen MR) is 71.4 cm³/mol. The number of fused-ring (bicyclic) bond motifs is 1. The highest BCUT2D eigenvalue weighted by Crippen LogP contribution is 2.32. The summed E-state index contributed by atoms with van der Waals surface area (Å²) < 4.78 is 10.2. The minimum Gasteiger partial charge on any atom is -0.466 e. The number of benzene rings is 1. The van der Waals surface area contributed by atoms with Gasteiger partial charge in [0.25, 0.3) is 0 Å². The number of furan rings is 1. The van der Waals surface area contributed by atoms with E-state index < -0.39 is 0 Å². The average Bonchev–Trinajstić information content (AvgIpc) is 2.99. The van der Waals surface area contributed by atoms with Crippen molar-refractivity contribution < 1.29 is 13.9 Å². The van der Waals surface area contributed by atoms with Crippen LogP contribution in [0, 0.1) is 0 Å². The Morgan fingerprint density at radius 2 is 2.11 bits per heavy atom. The number of methoxy groups -OCH3 is 1. The first-order valence-corrected chi connectivity index (χ1v) is 6.00. The molecule has 1 aliphatic heterocycles. The van der Waals surface area contributed by atoms with Crippen LogP contribution >= 0.6 is 0 Å². The van der Waals surface area contributed by atoms with Crippen LogP contribution in [0.2, 0.25) is 0 Å². The van der Waals surface area contributed by atoms with Crippen molar-refractivity contribution in [1.82, 2.24) is 0 Å². The van der Waals surface area contributed by atoms with Crippen LogP contribution in [-0.4, -0.2) is 13.1 Å². The molecule has 2 aromatic rings. The fraction of sp³-hybridized carbons (Fsp3) is 0.133. The minimum atomic E-state index is -0.339. The van der Waals surface area contributed by atoms with Gasteiger partial charge in [-0.05, 0) is 23.8 Å². The molecule has 0 radical (unpaired) electrons. The lowest BCUT2D eigenvalue weighted by Crippen LogP contribution is -2.18. The van der Waals surface area contributed by atoms with Crippen molar-refractivity contribution in [2.75, 3.05) is 12.4 Å². The summed E-state index contributed by atoms with van der Waals surface area (Å²) in [6, 6.07) is 11.5. The molecule has 1 N–H and O–H groups in total. The van der Waals surface area contributed by atoms with Gasteiger partial charge in [-0.25, -0.2) is 4.79 Å². The van der Waals surface area contributed by atoms with Crippen molar-refractivity contribution >= 4 is 17.4 Å². The van der Waals surface area contributed by atoms with Crippen LogP contribution in [0.4, 0.5) is 5.69 Å². The van der Waals surface area contributed by atoms with Gasteiger partial charge in [-0.2, -0.15) is 0 Å². The van der Waals surface area contributed by atoms with Crippen molar-refractivity contribution in [1.29, 1.82) is 0 Å². The fourth-order valence-electron chi connectivity index (χ4n) is 2.21. The number of para-hydroxylation sites is 1. The van der Waals surface area contributed by atoms with E-state index in [1.807, 2.05) is 30.3 Å². The zero-order chi connectivity index (χ0) is 13.2. The summed E-state index contributed by atoms with van der Waals surface area (Å²) in [7, 11) is 1.38. The van der Waals surface area contributed by atoms with E-state index in [2.05, 4.69) is 5.32 Å². The van der Waals surface area contributed by atoms with E-state index in [0.29, 0.717) is 23.5 Å². The van der Waals surface area contributed by atoms with Crippen LogP contribution < -0.4 is 5.32 Å². The Labute approximate surface area is 110 Å². The largest absolute Gasteiger partial charge is 0.466 e. The minimum absolute atomic E-state index is 0.339. The van der Waals surface area contributed by atoms with Gasteiger partial charge in [-0.1, -0.05) is 18.2 Å². The third-order valence-electron chi connectivity index (χ3n) is 3.15. The highest BCUT2D eigenvalue weighted by atomic mass is 16.5. The van der Waals surface area contributed by atoms with Crippen molar-refractivity contribution in [3.05, 3.63) is 59.6 Å². The standard InChI is InChI=1S/C15H13NO3/c1-18-15(17)11-9-10-5-2-3-6-12(10)16-14(11)13-7-4-8-19-13/h2-8,16H,9H2,1H3. The van der Waals surface area contributed by atoms with Crippen molar-refractivity contribution in [3.8, 4) is 0 Å². The first kappa shape index (κ1) is 11.6. The van der Waals surface area contributed by atoms with Gasteiger partial charge in [-0.15, -0.1) is 0 Å². The maximum absolute atomic E-state index is 11.9. The number of carbonyl (C=O) groups excluding carboxylic acids is 1. The number of nitrogens with one attached hydrogen (secondary N) is 1. The predicted octanol–water partition coefficient (Wildman–Crippen LogP) is 2.83. The summed E-state index contributed by atoms with van der Waals surface area (Å²) in [5.41, 5.74) is 3.31. The quantitative estimate of drug-likeness (QED) is 0.838. The second-order valence-corrected chi connectivity index (χ2v) is 4.28. The lowest BCUT2D eigenvalue weighted by molar-refractivity contribution is -0.136. The first-order valence-electron chi connectivity index (χ1n) is 6.00. The van der Waals surface area contributed by atoms with Crippen molar-refractivity contribution in [3.63, 3.8) is 0 Å². The molecule has 3 rings (SSSR count). The normalized spacial score (nSPS) is 13.7. The summed E-state index contributed by atoms with van der Waals surface area (Å²) in [5.74, 6) is 0.295. The summed E-state index contributed by atoms with van der Waals surface area (Å²) in [6.07, 6.45) is 2.12. The van der Waals surface area contributed by atoms with Crippen LogP contribution in [-0.2, 0) is 16.0 Å². The van der Waals surface area contributed by atoms with Gasteiger partial charge in [0, 0.05) is 12.1 Å². The van der Waals surface area contributed by atoms with Gasteiger partial charge in [-0.3, -0.25) is 0 Å². The van der Waals surface area contributed by atoms with Gasteiger partial charge in [0.05, 0.1) is 24.6 Å². The molecule has 0 saturated carbocycles. The maximum atomic E-state index is 11.9. The first-order chi connectivity index (χ1) is 9.29. The molecule has 0 bridgehead atoms. The molecule has 4 nitrogen and oxygen atoms in total. The summed E-state index contributed by atoms with van der Waals surface area (Å²) in [6.45, 7) is 0. The van der Waals surface area contributed by atoms with Crippen LogP contribution in [0.25, 0.3) is 5.70 Å². The van der Waals surface area contributed by atoms with E-state index >= 15 is 0 Å². The van der Waals surface area contributed by atoms with E-state index in [1.54, 1.807) is 12.3 Å².